The number of nitrogens with zero attached hydrogens (tertiary/aromatic N) is 3. The maximum atomic E-state index is 12.8. The third-order valence-corrected chi connectivity index (χ3v) is 6.02. The number of sulfone groups is 1. The van der Waals surface area contributed by atoms with Crippen LogP contribution in [0.5, 0.6) is 11.5 Å². The molecule has 0 saturated heterocycles. The number of nitrogen functional groups attached to an aromatic ring is 1. The lowest BCUT2D eigenvalue weighted by Gasteiger charge is -2.12. The summed E-state index contributed by atoms with van der Waals surface area (Å²) in [4.78, 5) is 0.121. The fourth-order valence-electron chi connectivity index (χ4n) is 2.77. The third-order valence-electron chi connectivity index (χ3n) is 4.30. The number of aromatic nitrogens is 2. The van der Waals surface area contributed by atoms with E-state index in [1.54, 1.807) is 31.2 Å². The zero-order chi connectivity index (χ0) is 21.0. The first kappa shape index (κ1) is 20.4. The zero-order valence-corrected chi connectivity index (χ0v) is 16.9. The smallest absolute Gasteiger partial charge is 0.178 e. The number of hydrogen-bond donors (Lipinski definition) is 2. The summed E-state index contributed by atoms with van der Waals surface area (Å²) >= 11 is 0. The highest BCUT2D eigenvalue weighted by atomic mass is 32.2. The number of aryl methyl sites for hydroxylation is 2. The fourth-order valence-corrected chi connectivity index (χ4v) is 4.02. The van der Waals surface area contributed by atoms with Gasteiger partial charge in [0.25, 0.3) is 0 Å². The van der Waals surface area contributed by atoms with Crippen molar-refractivity contribution in [3.8, 4) is 11.5 Å². The van der Waals surface area contributed by atoms with Crippen molar-refractivity contribution >= 4 is 21.5 Å². The molecule has 0 aliphatic rings. The van der Waals surface area contributed by atoms with Crippen molar-refractivity contribution in [2.24, 2.45) is 5.16 Å². The van der Waals surface area contributed by atoms with Gasteiger partial charge in [-0.2, -0.15) is 9.78 Å². The van der Waals surface area contributed by atoms with Gasteiger partial charge in [0.1, 0.15) is 17.3 Å². The minimum Gasteiger partial charge on any atom is -0.457 e. The molecule has 8 nitrogen and oxygen atoms in total. The van der Waals surface area contributed by atoms with Crippen LogP contribution in [0.15, 0.2) is 64.6 Å². The molecule has 0 fully saturated rings. The number of ether oxygens (including phenoxy) is 1. The summed E-state index contributed by atoms with van der Waals surface area (Å²) in [5.41, 5.74) is 7.26. The van der Waals surface area contributed by atoms with E-state index in [-0.39, 0.29) is 28.7 Å². The molecule has 9 heteroatoms. The van der Waals surface area contributed by atoms with Gasteiger partial charge in [0.2, 0.25) is 0 Å². The molecule has 3 rings (SSSR count). The Labute approximate surface area is 169 Å². The lowest BCUT2D eigenvalue weighted by molar-refractivity contribution is 0.315. The van der Waals surface area contributed by atoms with Crippen molar-refractivity contribution in [2.75, 3.05) is 11.5 Å². The number of oxime groups is 1. The molecule has 1 heterocycles. The number of para-hydroxylation sites is 1. The van der Waals surface area contributed by atoms with Crippen LogP contribution in [-0.2, 0) is 9.84 Å². The summed E-state index contributed by atoms with van der Waals surface area (Å²) in [7, 11) is -3.66. The van der Waals surface area contributed by atoms with Gasteiger partial charge in [-0.3, -0.25) is 0 Å². The van der Waals surface area contributed by atoms with Crippen LogP contribution in [0, 0.1) is 13.8 Å². The van der Waals surface area contributed by atoms with Gasteiger partial charge in [-0.05, 0) is 43.7 Å². The Kier molecular flexibility index (Phi) is 5.88. The maximum absolute atomic E-state index is 12.8. The fraction of sp³-hybridized carbons (Fsp3) is 0.200. The predicted molar refractivity (Wildman–Crippen MR) is 110 cm³/mol. The van der Waals surface area contributed by atoms with E-state index in [9.17, 15) is 13.6 Å². The molecule has 0 spiro atoms. The van der Waals surface area contributed by atoms with Crippen LogP contribution in [0.1, 0.15) is 17.7 Å². The molecule has 3 N–H and O–H groups in total. The molecule has 1 aromatic heterocycles. The van der Waals surface area contributed by atoms with Crippen LogP contribution in [0.4, 0.5) is 5.82 Å². The zero-order valence-electron chi connectivity index (χ0n) is 16.1. The van der Waals surface area contributed by atoms with E-state index in [1.807, 2.05) is 25.1 Å². The number of hydrogen-bond acceptors (Lipinski definition) is 7. The van der Waals surface area contributed by atoms with Crippen molar-refractivity contribution in [1.29, 1.82) is 0 Å². The molecule has 2 aromatic carbocycles. The summed E-state index contributed by atoms with van der Waals surface area (Å²) in [6.07, 6.45) is -0.0626. The number of benzene rings is 2. The summed E-state index contributed by atoms with van der Waals surface area (Å²) in [6, 6.07) is 15.5. The first-order chi connectivity index (χ1) is 13.8. The van der Waals surface area contributed by atoms with Gasteiger partial charge in [0.15, 0.2) is 15.7 Å². The Hall–Kier alpha value is -3.33. The first-order valence-corrected chi connectivity index (χ1v) is 10.5. The summed E-state index contributed by atoms with van der Waals surface area (Å²) in [5, 5.41) is 16.6. The maximum Gasteiger partial charge on any atom is 0.178 e. The second kappa shape index (κ2) is 8.36. The predicted octanol–water partition coefficient (Wildman–Crippen LogP) is 3.37. The molecule has 29 heavy (non-hydrogen) atoms. The van der Waals surface area contributed by atoms with Gasteiger partial charge in [-0.25, -0.2) is 8.42 Å². The van der Waals surface area contributed by atoms with Crippen LogP contribution >= 0.6 is 0 Å². The van der Waals surface area contributed by atoms with E-state index in [2.05, 4.69) is 10.3 Å². The summed E-state index contributed by atoms with van der Waals surface area (Å²) < 4.78 is 32.7. The molecular formula is C20H22N4O4S. The van der Waals surface area contributed by atoms with Crippen LogP contribution in [0.3, 0.4) is 0 Å². The van der Waals surface area contributed by atoms with Gasteiger partial charge < -0.3 is 15.7 Å². The van der Waals surface area contributed by atoms with Crippen LogP contribution in [0.2, 0.25) is 0 Å². The van der Waals surface area contributed by atoms with Crippen molar-refractivity contribution in [1.82, 2.24) is 9.78 Å². The minimum absolute atomic E-state index is 0.0482. The number of anilines is 1. The average molecular weight is 414 g/mol. The van der Waals surface area contributed by atoms with Gasteiger partial charge in [-0.1, -0.05) is 29.4 Å². The Bertz CT molecular complexity index is 1140. The Morgan fingerprint density at radius 3 is 2.52 bits per heavy atom. The second-order valence-corrected chi connectivity index (χ2v) is 8.66. The van der Waals surface area contributed by atoms with Crippen LogP contribution in [-0.4, -0.2) is 35.0 Å². The highest BCUT2D eigenvalue weighted by molar-refractivity contribution is 7.91. The highest BCUT2D eigenvalue weighted by Gasteiger charge is 2.20. The second-order valence-electron chi connectivity index (χ2n) is 6.55. The molecule has 3 aromatic rings. The first-order valence-electron chi connectivity index (χ1n) is 8.90. The molecule has 0 unspecified atom stereocenters. The van der Waals surface area contributed by atoms with Crippen molar-refractivity contribution in [3.05, 3.63) is 65.9 Å². The molecule has 0 radical (unpaired) electrons. The Balaban J connectivity index is 1.80. The lowest BCUT2D eigenvalue weighted by atomic mass is 10.2. The topological polar surface area (TPSA) is 120 Å². The molecule has 0 aliphatic heterocycles. The molecule has 0 aliphatic carbocycles. The molecule has 0 amide bonds. The minimum atomic E-state index is -3.66. The van der Waals surface area contributed by atoms with Gasteiger partial charge >= 0.3 is 0 Å². The monoisotopic (exact) mass is 414 g/mol. The van der Waals surface area contributed by atoms with E-state index in [4.69, 9.17) is 10.5 Å². The van der Waals surface area contributed by atoms with Crippen LogP contribution < -0.4 is 10.5 Å². The largest absolute Gasteiger partial charge is 0.457 e. The van der Waals surface area contributed by atoms with E-state index in [1.165, 1.54) is 16.8 Å². The average Bonchev–Trinajstić information content (AvgIpc) is 3.03. The van der Waals surface area contributed by atoms with Crippen molar-refractivity contribution in [3.63, 3.8) is 0 Å². The van der Waals surface area contributed by atoms with Crippen LogP contribution in [0.25, 0.3) is 0 Å². The van der Waals surface area contributed by atoms with Gasteiger partial charge in [0.05, 0.1) is 16.3 Å². The molecule has 152 valence electrons. The molecule has 0 saturated carbocycles. The van der Waals surface area contributed by atoms with E-state index < -0.39 is 9.84 Å². The standard InChI is InChI=1S/C20H22N4O4S/c1-14-8-9-17(13-18(14)28-16-6-4-3-5-7-16)29(26,27)11-10-20(23-25)24-19(21)12-15(2)22-24/h3-9,12-13,25H,10-11,21H2,1-2H3. The van der Waals surface area contributed by atoms with E-state index in [0.29, 0.717) is 17.2 Å². The third kappa shape index (κ3) is 4.75. The lowest BCUT2D eigenvalue weighted by Crippen LogP contribution is -2.20. The normalized spacial score (nSPS) is 12.1. The van der Waals surface area contributed by atoms with E-state index >= 15 is 0 Å². The Morgan fingerprint density at radius 1 is 1.17 bits per heavy atom. The SMILES string of the molecule is Cc1cc(N)n(C(CCS(=O)(=O)c2ccc(C)c(Oc3ccccc3)c2)=NO)n1. The molecular weight excluding hydrogens is 392 g/mol. The summed E-state index contributed by atoms with van der Waals surface area (Å²) in [6.45, 7) is 3.58. The summed E-state index contributed by atoms with van der Waals surface area (Å²) in [5.74, 6) is 1.11. The number of nitrogens with two attached hydrogens (primary N) is 1. The van der Waals surface area contributed by atoms with E-state index in [0.717, 1.165) is 5.56 Å². The molecule has 0 bridgehead atoms. The van der Waals surface area contributed by atoms with Gasteiger partial charge in [0, 0.05) is 12.5 Å². The van der Waals surface area contributed by atoms with Crippen molar-refractivity contribution < 1.29 is 18.4 Å². The van der Waals surface area contributed by atoms with Crippen molar-refractivity contribution in [2.45, 2.75) is 25.2 Å². The van der Waals surface area contributed by atoms with Gasteiger partial charge in [-0.15, -0.1) is 0 Å². The Morgan fingerprint density at radius 2 is 1.90 bits per heavy atom. The number of rotatable bonds is 6. The molecule has 0 atom stereocenters. The quantitative estimate of drug-likeness (QED) is 0.276. The highest BCUT2D eigenvalue weighted by Crippen LogP contribution is 2.28.